The molecular formula is C10H24N2O2. The lowest BCUT2D eigenvalue weighted by Gasteiger charge is -2.09. The van der Waals surface area contributed by atoms with E-state index in [0.717, 1.165) is 52.4 Å². The largest absolute Gasteiger partial charge is 0.377 e. The molecule has 0 radical (unpaired) electrons. The summed E-state index contributed by atoms with van der Waals surface area (Å²) in [6, 6.07) is 0. The van der Waals surface area contributed by atoms with Gasteiger partial charge in [0, 0.05) is 0 Å². The lowest BCUT2D eigenvalue weighted by Crippen LogP contribution is -2.16. The van der Waals surface area contributed by atoms with Crippen LogP contribution in [0.1, 0.15) is 25.7 Å². The molecular weight excluding hydrogens is 180 g/mol. The third-order valence-corrected chi connectivity index (χ3v) is 1.90. The lowest BCUT2D eigenvalue weighted by atomic mass is 10.2. The van der Waals surface area contributed by atoms with Crippen molar-refractivity contribution in [1.82, 2.24) is 0 Å². The van der Waals surface area contributed by atoms with Crippen LogP contribution in [0.3, 0.4) is 0 Å². The molecule has 0 atom stereocenters. The molecule has 1 fully saturated rings. The molecule has 1 aliphatic heterocycles. The highest BCUT2D eigenvalue weighted by Gasteiger charge is 1.94. The summed E-state index contributed by atoms with van der Waals surface area (Å²) < 4.78 is 9.89. The molecule has 1 rings (SSSR count). The Labute approximate surface area is 86.9 Å². The zero-order valence-corrected chi connectivity index (χ0v) is 9.04. The number of nitrogens with two attached hydrogens (primary N) is 2. The van der Waals surface area contributed by atoms with Crippen LogP contribution in [0.25, 0.3) is 0 Å². The van der Waals surface area contributed by atoms with Gasteiger partial charge in [0.2, 0.25) is 0 Å². The minimum absolute atomic E-state index is 0.778. The van der Waals surface area contributed by atoms with Crippen molar-refractivity contribution in [2.24, 2.45) is 11.5 Å². The number of rotatable bonds is 5. The highest BCUT2D eigenvalue weighted by molar-refractivity contribution is 4.43. The van der Waals surface area contributed by atoms with E-state index in [0.29, 0.717) is 0 Å². The third kappa shape index (κ3) is 11.8. The monoisotopic (exact) mass is 204 g/mol. The Bertz CT molecular complexity index is 80.6. The minimum atomic E-state index is 0.778. The second-order valence-electron chi connectivity index (χ2n) is 3.22. The number of ether oxygens (including phenoxy) is 2. The second kappa shape index (κ2) is 12.8. The third-order valence-electron chi connectivity index (χ3n) is 1.90. The predicted octanol–water partition coefficient (Wildman–Crippen LogP) is 0.497. The quantitative estimate of drug-likeness (QED) is 0.640. The second-order valence-corrected chi connectivity index (χ2v) is 3.22. The van der Waals surface area contributed by atoms with Gasteiger partial charge in [-0.15, -0.1) is 0 Å². The fourth-order valence-electron chi connectivity index (χ4n) is 1.08. The Hall–Kier alpha value is -0.160. The smallest absolute Gasteiger partial charge is 0.0701 e. The van der Waals surface area contributed by atoms with Gasteiger partial charge in [-0.3, -0.25) is 0 Å². The Balaban J connectivity index is 0.000000249. The van der Waals surface area contributed by atoms with Gasteiger partial charge in [0.05, 0.1) is 26.4 Å². The first-order valence-corrected chi connectivity index (χ1v) is 5.47. The van der Waals surface area contributed by atoms with Crippen LogP contribution in [0.2, 0.25) is 0 Å². The van der Waals surface area contributed by atoms with E-state index < -0.39 is 0 Å². The topological polar surface area (TPSA) is 70.5 Å². The lowest BCUT2D eigenvalue weighted by molar-refractivity contribution is -0.0334. The molecule has 0 aromatic carbocycles. The van der Waals surface area contributed by atoms with Crippen LogP contribution in [0.4, 0.5) is 0 Å². The first-order valence-electron chi connectivity index (χ1n) is 5.47. The van der Waals surface area contributed by atoms with Crippen molar-refractivity contribution in [1.29, 1.82) is 0 Å². The molecule has 0 aliphatic carbocycles. The average molecular weight is 204 g/mol. The van der Waals surface area contributed by atoms with E-state index in [1.165, 1.54) is 12.8 Å². The Kier molecular flexibility index (Phi) is 12.7. The molecule has 4 N–H and O–H groups in total. The molecule has 0 saturated carbocycles. The van der Waals surface area contributed by atoms with Gasteiger partial charge >= 0.3 is 0 Å². The van der Waals surface area contributed by atoms with Crippen LogP contribution in [0.5, 0.6) is 0 Å². The van der Waals surface area contributed by atoms with E-state index >= 15 is 0 Å². The van der Waals surface area contributed by atoms with E-state index in [4.69, 9.17) is 20.9 Å². The van der Waals surface area contributed by atoms with Crippen molar-refractivity contribution in [3.8, 4) is 0 Å². The molecule has 0 spiro atoms. The van der Waals surface area contributed by atoms with E-state index in [2.05, 4.69) is 0 Å². The first-order chi connectivity index (χ1) is 6.91. The van der Waals surface area contributed by atoms with Crippen LogP contribution >= 0.6 is 0 Å². The van der Waals surface area contributed by atoms with Crippen LogP contribution in [-0.4, -0.2) is 39.5 Å². The summed E-state index contributed by atoms with van der Waals surface area (Å²) in [5, 5.41) is 0. The van der Waals surface area contributed by atoms with Gasteiger partial charge in [0.15, 0.2) is 0 Å². The van der Waals surface area contributed by atoms with Crippen LogP contribution in [-0.2, 0) is 9.47 Å². The summed E-state index contributed by atoms with van der Waals surface area (Å²) in [7, 11) is 0. The van der Waals surface area contributed by atoms with Crippen molar-refractivity contribution < 1.29 is 9.47 Å². The van der Waals surface area contributed by atoms with E-state index in [1.807, 2.05) is 0 Å². The molecule has 0 amide bonds. The summed E-state index contributed by atoms with van der Waals surface area (Å²) in [5.74, 6) is 0. The maximum Gasteiger partial charge on any atom is 0.0701 e. The standard InChI is InChI=1S/C6H16N2.C4H8O2/c7-5-3-1-2-4-6-8;1-2-6-4-3-5-1/h1-8H2;1-4H2. The Morgan fingerprint density at radius 3 is 1.21 bits per heavy atom. The number of hydrogen-bond acceptors (Lipinski definition) is 4. The molecule has 86 valence electrons. The molecule has 0 unspecified atom stereocenters. The van der Waals surface area contributed by atoms with Gasteiger partial charge in [-0.05, 0) is 25.9 Å². The zero-order valence-electron chi connectivity index (χ0n) is 9.04. The van der Waals surface area contributed by atoms with E-state index in [9.17, 15) is 0 Å². The Morgan fingerprint density at radius 2 is 1.00 bits per heavy atom. The number of hydrogen-bond donors (Lipinski definition) is 2. The minimum Gasteiger partial charge on any atom is -0.377 e. The van der Waals surface area contributed by atoms with E-state index in [-0.39, 0.29) is 0 Å². The summed E-state index contributed by atoms with van der Waals surface area (Å²) in [6.45, 7) is 4.76. The molecule has 4 heteroatoms. The maximum atomic E-state index is 5.28. The van der Waals surface area contributed by atoms with Crippen molar-refractivity contribution in [2.75, 3.05) is 39.5 Å². The fraction of sp³-hybridized carbons (Fsp3) is 1.00. The first kappa shape index (κ1) is 13.8. The van der Waals surface area contributed by atoms with Crippen molar-refractivity contribution >= 4 is 0 Å². The molecule has 4 nitrogen and oxygen atoms in total. The van der Waals surface area contributed by atoms with Crippen LogP contribution < -0.4 is 11.5 Å². The van der Waals surface area contributed by atoms with Crippen LogP contribution in [0.15, 0.2) is 0 Å². The summed E-state index contributed by atoms with van der Waals surface area (Å²) in [6.07, 6.45) is 4.79. The molecule has 0 aromatic rings. The van der Waals surface area contributed by atoms with Gasteiger partial charge in [0.25, 0.3) is 0 Å². The molecule has 14 heavy (non-hydrogen) atoms. The summed E-state index contributed by atoms with van der Waals surface area (Å²) >= 11 is 0. The SMILES string of the molecule is C1COCCO1.NCCCCCCN. The van der Waals surface area contributed by atoms with Gasteiger partial charge in [0.1, 0.15) is 0 Å². The molecule has 1 saturated heterocycles. The normalized spacial score (nSPS) is 15.9. The summed E-state index contributed by atoms with van der Waals surface area (Å²) in [4.78, 5) is 0. The van der Waals surface area contributed by atoms with Gasteiger partial charge < -0.3 is 20.9 Å². The molecule has 1 aliphatic rings. The maximum absolute atomic E-state index is 5.28. The highest BCUT2D eigenvalue weighted by atomic mass is 16.6. The summed E-state index contributed by atoms with van der Waals surface area (Å²) in [5.41, 5.74) is 10.6. The molecule has 0 aromatic heterocycles. The van der Waals surface area contributed by atoms with Gasteiger partial charge in [-0.25, -0.2) is 0 Å². The van der Waals surface area contributed by atoms with Crippen LogP contribution in [0, 0.1) is 0 Å². The fourth-order valence-corrected chi connectivity index (χ4v) is 1.08. The zero-order chi connectivity index (χ0) is 10.5. The molecule has 1 heterocycles. The molecule has 0 bridgehead atoms. The number of unbranched alkanes of at least 4 members (excludes halogenated alkanes) is 3. The van der Waals surface area contributed by atoms with Gasteiger partial charge in [-0.1, -0.05) is 12.8 Å². The average Bonchev–Trinajstić information content (AvgIpc) is 2.28. The van der Waals surface area contributed by atoms with Crippen molar-refractivity contribution in [3.63, 3.8) is 0 Å². The van der Waals surface area contributed by atoms with Crippen molar-refractivity contribution in [3.05, 3.63) is 0 Å². The Morgan fingerprint density at radius 1 is 0.643 bits per heavy atom. The van der Waals surface area contributed by atoms with E-state index in [1.54, 1.807) is 0 Å². The predicted molar refractivity (Wildman–Crippen MR) is 58.2 cm³/mol. The highest BCUT2D eigenvalue weighted by Crippen LogP contribution is 1.95. The van der Waals surface area contributed by atoms with Crippen molar-refractivity contribution in [2.45, 2.75) is 25.7 Å². The van der Waals surface area contributed by atoms with Gasteiger partial charge in [-0.2, -0.15) is 0 Å².